The first-order chi connectivity index (χ1) is 7.87. The van der Waals surface area contributed by atoms with Gasteiger partial charge in [0.2, 0.25) is 0 Å². The molecule has 0 saturated heterocycles. The van der Waals surface area contributed by atoms with E-state index in [2.05, 4.69) is 10.4 Å². The Morgan fingerprint density at radius 3 is 2.35 bits per heavy atom. The van der Waals surface area contributed by atoms with Crippen molar-refractivity contribution in [2.75, 3.05) is 0 Å². The highest BCUT2D eigenvalue weighted by Crippen LogP contribution is 2.36. The van der Waals surface area contributed by atoms with Gasteiger partial charge in [0.05, 0.1) is 11.3 Å². The van der Waals surface area contributed by atoms with Crippen molar-refractivity contribution in [2.24, 2.45) is 7.05 Å². The highest BCUT2D eigenvalue weighted by molar-refractivity contribution is 6.00. The molecule has 1 fully saturated rings. The van der Waals surface area contributed by atoms with Gasteiger partial charge in [-0.25, -0.2) is 4.79 Å². The molecule has 2 rings (SSSR count). The van der Waals surface area contributed by atoms with Gasteiger partial charge in [-0.05, 0) is 26.7 Å². The molecular formula is C11H15N3O3. The van der Waals surface area contributed by atoms with Gasteiger partial charge >= 0.3 is 5.97 Å². The fourth-order valence-electron chi connectivity index (χ4n) is 1.90. The van der Waals surface area contributed by atoms with E-state index in [1.165, 1.54) is 0 Å². The van der Waals surface area contributed by atoms with Gasteiger partial charge in [0.25, 0.3) is 5.91 Å². The lowest BCUT2D eigenvalue weighted by molar-refractivity contribution is -0.140. The third kappa shape index (κ3) is 1.79. The number of hydrogen-bond acceptors (Lipinski definition) is 3. The first-order valence-corrected chi connectivity index (χ1v) is 5.43. The average Bonchev–Trinajstić information content (AvgIpc) is 2.93. The Labute approximate surface area is 98.6 Å². The summed E-state index contributed by atoms with van der Waals surface area (Å²) in [5.74, 6) is -1.32. The van der Waals surface area contributed by atoms with Crippen LogP contribution in [-0.2, 0) is 11.8 Å². The summed E-state index contributed by atoms with van der Waals surface area (Å²) in [6.07, 6.45) is 0.985. The Kier molecular flexibility index (Phi) is 2.45. The first-order valence-electron chi connectivity index (χ1n) is 5.43. The molecule has 1 heterocycles. The predicted molar refractivity (Wildman–Crippen MR) is 59.7 cm³/mol. The molecule has 1 aliphatic rings. The van der Waals surface area contributed by atoms with Crippen LogP contribution in [0.2, 0.25) is 0 Å². The normalized spacial score (nSPS) is 16.6. The van der Waals surface area contributed by atoms with Gasteiger partial charge in [0, 0.05) is 12.7 Å². The summed E-state index contributed by atoms with van der Waals surface area (Å²) < 4.78 is 1.62. The fraction of sp³-hybridized carbons (Fsp3) is 0.545. The molecule has 0 bridgehead atoms. The van der Waals surface area contributed by atoms with Crippen molar-refractivity contribution in [1.82, 2.24) is 15.1 Å². The number of aryl methyl sites for hydroxylation is 2. The van der Waals surface area contributed by atoms with Crippen LogP contribution >= 0.6 is 0 Å². The van der Waals surface area contributed by atoms with Gasteiger partial charge in [0.1, 0.15) is 5.54 Å². The van der Waals surface area contributed by atoms with E-state index in [9.17, 15) is 9.59 Å². The second-order valence-electron chi connectivity index (χ2n) is 4.51. The minimum atomic E-state index is -1.05. The topological polar surface area (TPSA) is 84.2 Å². The van der Waals surface area contributed by atoms with Gasteiger partial charge in [-0.3, -0.25) is 9.48 Å². The van der Waals surface area contributed by atoms with Gasteiger partial charge in [0.15, 0.2) is 0 Å². The van der Waals surface area contributed by atoms with Crippen molar-refractivity contribution < 1.29 is 14.7 Å². The molecule has 6 nitrogen and oxygen atoms in total. The van der Waals surface area contributed by atoms with Crippen molar-refractivity contribution in [3.05, 3.63) is 17.0 Å². The van der Waals surface area contributed by atoms with E-state index in [1.54, 1.807) is 25.6 Å². The Balaban J connectivity index is 2.24. The quantitative estimate of drug-likeness (QED) is 0.796. The monoisotopic (exact) mass is 237 g/mol. The van der Waals surface area contributed by atoms with Crippen molar-refractivity contribution in [1.29, 1.82) is 0 Å². The maximum absolute atomic E-state index is 12.0. The summed E-state index contributed by atoms with van der Waals surface area (Å²) in [6.45, 7) is 3.53. The largest absolute Gasteiger partial charge is 0.480 e. The number of carboxylic acid groups (broad SMARTS) is 1. The van der Waals surface area contributed by atoms with Crippen LogP contribution in [0.5, 0.6) is 0 Å². The number of aromatic nitrogens is 2. The highest BCUT2D eigenvalue weighted by atomic mass is 16.4. The Morgan fingerprint density at radius 2 is 2.00 bits per heavy atom. The molecule has 2 N–H and O–H groups in total. The van der Waals surface area contributed by atoms with E-state index in [-0.39, 0.29) is 5.91 Å². The smallest absolute Gasteiger partial charge is 0.329 e. The zero-order valence-electron chi connectivity index (χ0n) is 10.1. The molecule has 92 valence electrons. The Hall–Kier alpha value is -1.85. The van der Waals surface area contributed by atoms with Crippen LogP contribution in [0.1, 0.15) is 34.6 Å². The number of nitrogens with one attached hydrogen (secondary N) is 1. The molecular weight excluding hydrogens is 222 g/mol. The maximum Gasteiger partial charge on any atom is 0.329 e. The lowest BCUT2D eigenvalue weighted by atomic mass is 10.1. The molecule has 0 spiro atoms. The molecule has 1 aliphatic carbocycles. The molecule has 6 heteroatoms. The molecule has 0 atom stereocenters. The van der Waals surface area contributed by atoms with Crippen molar-refractivity contribution in [2.45, 2.75) is 32.2 Å². The minimum Gasteiger partial charge on any atom is -0.480 e. The summed E-state index contributed by atoms with van der Waals surface area (Å²) in [5, 5.41) is 15.7. The summed E-state index contributed by atoms with van der Waals surface area (Å²) >= 11 is 0. The van der Waals surface area contributed by atoms with Gasteiger partial charge < -0.3 is 10.4 Å². The molecule has 1 amide bonds. The standard InChI is InChI=1S/C11H15N3O3/c1-6-8(7(2)14(3)13-6)9(15)12-11(4-5-11)10(16)17/h4-5H2,1-3H3,(H,12,15)(H,16,17). The number of nitrogens with zero attached hydrogens (tertiary/aromatic N) is 2. The van der Waals surface area contributed by atoms with Crippen LogP contribution in [0, 0.1) is 13.8 Å². The average molecular weight is 237 g/mol. The van der Waals surface area contributed by atoms with E-state index in [0.717, 1.165) is 5.69 Å². The summed E-state index contributed by atoms with van der Waals surface area (Å²) in [4.78, 5) is 23.0. The van der Waals surface area contributed by atoms with Crippen LogP contribution in [0.4, 0.5) is 0 Å². The minimum absolute atomic E-state index is 0.354. The van der Waals surface area contributed by atoms with Crippen LogP contribution in [0.15, 0.2) is 0 Å². The van der Waals surface area contributed by atoms with E-state index in [4.69, 9.17) is 5.11 Å². The number of hydrogen-bond donors (Lipinski definition) is 2. The summed E-state index contributed by atoms with van der Waals surface area (Å²) in [5.41, 5.74) is 0.774. The third-order valence-corrected chi connectivity index (χ3v) is 3.25. The molecule has 0 aliphatic heterocycles. The molecule has 0 radical (unpaired) electrons. The Bertz CT molecular complexity index is 500. The summed E-state index contributed by atoms with van der Waals surface area (Å²) in [7, 11) is 1.75. The van der Waals surface area contributed by atoms with Gasteiger partial charge in [-0.15, -0.1) is 0 Å². The Morgan fingerprint density at radius 1 is 1.41 bits per heavy atom. The maximum atomic E-state index is 12.0. The second kappa shape index (κ2) is 3.58. The van der Waals surface area contributed by atoms with Gasteiger partial charge in [-0.2, -0.15) is 5.10 Å². The number of carbonyl (C=O) groups is 2. The third-order valence-electron chi connectivity index (χ3n) is 3.25. The zero-order chi connectivity index (χ0) is 12.8. The molecule has 1 saturated carbocycles. The van der Waals surface area contributed by atoms with Crippen LogP contribution in [0.25, 0.3) is 0 Å². The number of rotatable bonds is 3. The van der Waals surface area contributed by atoms with Crippen molar-refractivity contribution >= 4 is 11.9 Å². The first kappa shape index (κ1) is 11.6. The lowest BCUT2D eigenvalue weighted by Crippen LogP contribution is -2.43. The predicted octanol–water partition coefficient (Wildman–Crippen LogP) is 0.384. The zero-order valence-corrected chi connectivity index (χ0v) is 10.1. The molecule has 17 heavy (non-hydrogen) atoms. The second-order valence-corrected chi connectivity index (χ2v) is 4.51. The van der Waals surface area contributed by atoms with Gasteiger partial charge in [-0.1, -0.05) is 0 Å². The number of aliphatic carboxylic acids is 1. The molecule has 1 aromatic heterocycles. The van der Waals surface area contributed by atoms with E-state index < -0.39 is 11.5 Å². The van der Waals surface area contributed by atoms with Crippen molar-refractivity contribution in [3.63, 3.8) is 0 Å². The van der Waals surface area contributed by atoms with Crippen LogP contribution < -0.4 is 5.32 Å². The SMILES string of the molecule is Cc1nn(C)c(C)c1C(=O)NC1(C(=O)O)CC1. The molecule has 1 aromatic rings. The van der Waals surface area contributed by atoms with E-state index >= 15 is 0 Å². The molecule has 0 unspecified atom stereocenters. The van der Waals surface area contributed by atoms with E-state index in [0.29, 0.717) is 24.1 Å². The number of carbonyl (C=O) groups excluding carboxylic acids is 1. The summed E-state index contributed by atoms with van der Waals surface area (Å²) in [6, 6.07) is 0. The number of amides is 1. The van der Waals surface area contributed by atoms with Crippen LogP contribution in [-0.4, -0.2) is 32.3 Å². The van der Waals surface area contributed by atoms with E-state index in [1.807, 2.05) is 0 Å². The fourth-order valence-corrected chi connectivity index (χ4v) is 1.90. The van der Waals surface area contributed by atoms with Crippen molar-refractivity contribution in [3.8, 4) is 0 Å². The lowest BCUT2D eigenvalue weighted by Gasteiger charge is -2.12. The number of carboxylic acids is 1. The highest BCUT2D eigenvalue weighted by Gasteiger charge is 2.52. The molecule has 0 aromatic carbocycles. The van der Waals surface area contributed by atoms with Crippen LogP contribution in [0.3, 0.4) is 0 Å².